The Morgan fingerprint density at radius 3 is 1.13 bits per heavy atom. The molecule has 0 bridgehead atoms. The van der Waals surface area contributed by atoms with Gasteiger partial charge >= 0.3 is 47.8 Å². The first kappa shape index (κ1) is 105. The maximum atomic E-state index is 15.9. The van der Waals surface area contributed by atoms with Crippen LogP contribution in [0.3, 0.4) is 0 Å². The number of nitrogens with one attached hydrogen (secondary N) is 5. The summed E-state index contributed by atoms with van der Waals surface area (Å²) in [4.78, 5) is 198. The minimum absolute atomic E-state index is 0.0105. The lowest BCUT2D eigenvalue weighted by Gasteiger charge is -2.44. The van der Waals surface area contributed by atoms with Crippen molar-refractivity contribution >= 4 is 89.1 Å². The first-order valence-electron chi connectivity index (χ1n) is 42.5. The second-order valence-electron chi connectivity index (χ2n) is 31.1. The smallest absolute Gasteiger partial charge is 0.307 e. The van der Waals surface area contributed by atoms with Crippen LogP contribution >= 0.6 is 0 Å². The first-order valence-corrected chi connectivity index (χ1v) is 42.5. The molecule has 3 aliphatic rings. The highest BCUT2D eigenvalue weighted by Crippen LogP contribution is 2.43. The van der Waals surface area contributed by atoms with Crippen LogP contribution in [0.2, 0.25) is 0 Å². The van der Waals surface area contributed by atoms with Crippen LogP contribution in [-0.2, 0) is 144 Å². The number of ether oxygens (including phenoxy) is 16. The number of carbonyl (C=O) groups excluding carboxylic acids is 14. The monoisotopic (exact) mass is 1790 g/mol. The maximum absolute atomic E-state index is 15.9. The van der Waals surface area contributed by atoms with E-state index in [0.717, 1.165) is 0 Å². The van der Waals surface area contributed by atoms with E-state index in [1.54, 1.807) is 99.6 Å². The standard InChI is InChI=1S/C88H125N7O32/c1-52-78(91-55(4)96)85(125-69(48-117-58(7)99)81(52)121-61(10)102)114-45-21-18-26-73(105)89-39-41-94(75(107)28-20-23-47-116-87-80(93-57(6)98)54(3)83(123-63(12)104)71(127-87)50-119-60(9)101)43-44-95(42-40-90-74(106)27-19-22-46-115-86-79(92-56(5)97)53(2)82(122-62(11)103)70(126-86)49-118-59(8)100)84(111)72(124-77(110)38-37-76(108)109)51-120-88(64-24-16-15-17-25-64,65-29-33-67(112-13)34-30-65)66-31-35-68(113-14)36-32-66/h15-17,24-25,29-36,52-54,69-72,78-83,85-87H,18-23,26-28,37-51H2,1-14H3,(H,89,105)(H,90,106)(H,91,96)(H,92,97)(H,93,98)(H,108,109)/t52-,53-,54-,69?,70?,71?,72?,78?,79?,80?,81-,82-,83-,85-,86-,87-/m1/s1. The molecular formula is C88H125N7O32. The number of esters is 7. The summed E-state index contributed by atoms with van der Waals surface area (Å²) in [5.41, 5.74) is -0.0599. The Labute approximate surface area is 738 Å². The van der Waals surface area contributed by atoms with Crippen LogP contribution in [-0.4, -0.2) is 283 Å². The molecule has 3 aromatic rings. The van der Waals surface area contributed by atoms with E-state index in [1.807, 2.05) is 0 Å². The van der Waals surface area contributed by atoms with Gasteiger partial charge in [0.05, 0.1) is 51.8 Å². The van der Waals surface area contributed by atoms with Gasteiger partial charge in [-0.15, -0.1) is 0 Å². The van der Waals surface area contributed by atoms with E-state index < -0.39 is 212 Å². The van der Waals surface area contributed by atoms with Crippen molar-refractivity contribution in [2.24, 2.45) is 17.8 Å². The number of hydrogen-bond acceptors (Lipinski definition) is 31. The van der Waals surface area contributed by atoms with Gasteiger partial charge in [0, 0.05) is 158 Å². The van der Waals surface area contributed by atoms with E-state index >= 15 is 4.79 Å². The average Bonchev–Trinajstić information content (AvgIpc) is 0.713. The zero-order valence-corrected chi connectivity index (χ0v) is 74.7. The summed E-state index contributed by atoms with van der Waals surface area (Å²) in [6.45, 7) is 13.0. The molecule has 0 aliphatic carbocycles. The highest BCUT2D eigenvalue weighted by molar-refractivity contribution is 5.85. The van der Waals surface area contributed by atoms with Crippen LogP contribution in [0.25, 0.3) is 0 Å². The van der Waals surface area contributed by atoms with Gasteiger partial charge in [-0.25, -0.2) is 0 Å². The number of hydrogen-bond donors (Lipinski definition) is 6. The fourth-order valence-electron chi connectivity index (χ4n) is 15.0. The highest BCUT2D eigenvalue weighted by Gasteiger charge is 2.51. The van der Waals surface area contributed by atoms with E-state index in [9.17, 15) is 72.2 Å². The second-order valence-corrected chi connectivity index (χ2v) is 31.1. The molecule has 3 fully saturated rings. The molecule has 0 spiro atoms. The summed E-state index contributed by atoms with van der Waals surface area (Å²) in [6, 6.07) is 20.3. The van der Waals surface area contributed by atoms with Crippen molar-refractivity contribution < 1.29 is 153 Å². The van der Waals surface area contributed by atoms with Gasteiger partial charge in [-0.1, -0.05) is 75.4 Å². The van der Waals surface area contributed by atoms with Crippen LogP contribution in [0.4, 0.5) is 0 Å². The van der Waals surface area contributed by atoms with Crippen molar-refractivity contribution in [1.82, 2.24) is 36.4 Å². The van der Waals surface area contributed by atoms with Gasteiger partial charge < -0.3 is 117 Å². The quantitative estimate of drug-likeness (QED) is 0.0198. The molecule has 16 atom stereocenters. The highest BCUT2D eigenvalue weighted by atomic mass is 16.7. The largest absolute Gasteiger partial charge is 0.497 e. The SMILES string of the molecule is COc1ccc(C(OCC(OC(=O)CCC(=O)O)C(=O)N(CCNC(=O)CCCCO[C@@H]2OC(COC(C)=O)[C@H](OC(C)=O)[C@H](C)C2NC(C)=O)CCN(CCNC(=O)CCCCO[C@@H]2OC(COC(C)=O)[C@H](OC(C)=O)[C@H](C)C2NC(C)=O)C(=O)CCCCO[C@@H]2OC(COC(C)=O)[C@H](OC(C)=O)[C@H](C)C2NC(C)=O)(c2ccccc2)c2ccc(OC)cc2)cc1. The third kappa shape index (κ3) is 34.6. The second kappa shape index (κ2) is 53.6. The van der Waals surface area contributed by atoms with Crippen LogP contribution in [0.15, 0.2) is 78.9 Å². The minimum Gasteiger partial charge on any atom is -0.497 e. The molecule has 7 amide bonds. The number of nitrogens with zero attached hydrogens (tertiary/aromatic N) is 2. The predicted molar refractivity (Wildman–Crippen MR) is 446 cm³/mol. The van der Waals surface area contributed by atoms with Crippen LogP contribution in [0.5, 0.6) is 11.5 Å². The topological polar surface area (TPSA) is 491 Å². The summed E-state index contributed by atoms with van der Waals surface area (Å²) in [5, 5.41) is 23.9. The molecule has 704 valence electrons. The Morgan fingerprint density at radius 2 is 0.780 bits per heavy atom. The molecule has 39 heteroatoms. The Bertz CT molecular complexity index is 4050. The lowest BCUT2D eigenvalue weighted by molar-refractivity contribution is -0.262. The lowest BCUT2D eigenvalue weighted by Crippen LogP contribution is -2.62. The Morgan fingerprint density at radius 1 is 0.425 bits per heavy atom. The normalized spacial score (nSPS) is 22.2. The maximum Gasteiger partial charge on any atom is 0.307 e. The number of unbranched alkanes of at least 4 members (excludes halogenated alkanes) is 3. The summed E-state index contributed by atoms with van der Waals surface area (Å²) in [7, 11) is 2.99. The van der Waals surface area contributed by atoms with Crippen molar-refractivity contribution in [3.8, 4) is 11.5 Å². The summed E-state index contributed by atoms with van der Waals surface area (Å²) in [6.07, 6.45) is -11.4. The van der Waals surface area contributed by atoms with Crippen molar-refractivity contribution in [1.29, 1.82) is 0 Å². The lowest BCUT2D eigenvalue weighted by atomic mass is 9.80. The summed E-state index contributed by atoms with van der Waals surface area (Å²) >= 11 is 0. The number of aliphatic carboxylic acids is 1. The van der Waals surface area contributed by atoms with E-state index in [1.165, 1.54) is 86.3 Å². The third-order valence-electron chi connectivity index (χ3n) is 21.2. The molecule has 6 rings (SSSR count). The van der Waals surface area contributed by atoms with E-state index in [-0.39, 0.29) is 137 Å². The molecule has 3 saturated heterocycles. The van der Waals surface area contributed by atoms with Gasteiger partial charge in [-0.3, -0.25) is 71.9 Å². The van der Waals surface area contributed by atoms with Gasteiger partial charge in [0.25, 0.3) is 5.91 Å². The Hall–Kier alpha value is -11.0. The van der Waals surface area contributed by atoms with E-state index in [0.29, 0.717) is 28.2 Å². The number of carboxylic acids is 1. The summed E-state index contributed by atoms with van der Waals surface area (Å²) < 4.78 is 93.9. The third-order valence-corrected chi connectivity index (χ3v) is 21.2. The van der Waals surface area contributed by atoms with E-state index in [2.05, 4.69) is 26.6 Å². The Kier molecular flexibility index (Phi) is 44.2. The molecule has 0 radical (unpaired) electrons. The molecule has 3 heterocycles. The number of carbonyl (C=O) groups is 15. The average molecular weight is 1790 g/mol. The molecule has 7 unspecified atom stereocenters. The van der Waals surface area contributed by atoms with Crippen molar-refractivity contribution in [3.05, 3.63) is 95.6 Å². The number of rotatable bonds is 52. The van der Waals surface area contributed by atoms with E-state index in [4.69, 9.17) is 75.8 Å². The number of amides is 7. The molecule has 39 nitrogen and oxygen atoms in total. The van der Waals surface area contributed by atoms with Gasteiger partial charge in [-0.2, -0.15) is 0 Å². The number of benzene rings is 3. The van der Waals surface area contributed by atoms with Crippen molar-refractivity contribution in [2.45, 2.75) is 239 Å². The minimum atomic E-state index is -1.89. The number of carboxylic acid groups (broad SMARTS) is 1. The predicted octanol–water partition coefficient (Wildman–Crippen LogP) is 4.32. The Balaban J connectivity index is 1.31. The van der Waals surface area contributed by atoms with Crippen LogP contribution < -0.4 is 36.1 Å². The van der Waals surface area contributed by atoms with Crippen molar-refractivity contribution in [2.75, 3.05) is 99.7 Å². The van der Waals surface area contributed by atoms with Gasteiger partial charge in [0.15, 0.2) is 18.9 Å². The zero-order valence-electron chi connectivity index (χ0n) is 74.7. The van der Waals surface area contributed by atoms with Gasteiger partial charge in [-0.05, 0) is 79.5 Å². The van der Waals surface area contributed by atoms with Gasteiger partial charge in [0.2, 0.25) is 41.5 Å². The first-order chi connectivity index (χ1) is 60.4. The molecule has 0 saturated carbocycles. The fourth-order valence-corrected chi connectivity index (χ4v) is 15.0. The van der Waals surface area contributed by atoms with Crippen LogP contribution in [0, 0.1) is 17.8 Å². The van der Waals surface area contributed by atoms with Crippen LogP contribution in [0.1, 0.15) is 170 Å². The van der Waals surface area contributed by atoms with Crippen molar-refractivity contribution in [3.63, 3.8) is 0 Å². The molecule has 3 aromatic carbocycles. The molecule has 3 aliphatic heterocycles. The number of methoxy groups -OCH3 is 2. The summed E-state index contributed by atoms with van der Waals surface area (Å²) in [5.74, 6) is -10.7. The van der Waals surface area contributed by atoms with Gasteiger partial charge in [0.1, 0.15) is 73.5 Å². The molecule has 6 N–H and O–H groups in total. The fraction of sp³-hybridized carbons (Fsp3) is 0.625. The molecule has 0 aromatic heterocycles. The molecule has 127 heavy (non-hydrogen) atoms. The zero-order chi connectivity index (χ0) is 93.5. The molecular weight excluding hydrogens is 1670 g/mol.